The molecule has 0 aliphatic heterocycles. The molecule has 0 unspecified atom stereocenters. The van der Waals surface area contributed by atoms with Crippen molar-refractivity contribution in [3.63, 3.8) is 0 Å². The van der Waals surface area contributed by atoms with E-state index < -0.39 is 0 Å². The van der Waals surface area contributed by atoms with Gasteiger partial charge in [-0.1, -0.05) is 140 Å². The second-order valence-corrected chi connectivity index (χ2v) is 13.0. The van der Waals surface area contributed by atoms with Gasteiger partial charge in [0, 0.05) is 32.9 Å². The smallest absolute Gasteiger partial charge is 0.0548 e. The summed E-state index contributed by atoms with van der Waals surface area (Å²) in [6.45, 7) is 0. The van der Waals surface area contributed by atoms with Gasteiger partial charge in [-0.2, -0.15) is 0 Å². The summed E-state index contributed by atoms with van der Waals surface area (Å²) in [5.74, 6) is 0. The monoisotopic (exact) mass is 636 g/mol. The molecule has 0 amide bonds. The van der Waals surface area contributed by atoms with Crippen LogP contribution in [0.25, 0.3) is 88.4 Å². The van der Waals surface area contributed by atoms with Crippen molar-refractivity contribution in [3.8, 4) is 44.8 Å². The molecule has 0 bridgehead atoms. The van der Waals surface area contributed by atoms with Crippen molar-refractivity contribution in [2.24, 2.45) is 0 Å². The van der Waals surface area contributed by atoms with Crippen LogP contribution in [0.15, 0.2) is 194 Å². The molecular formula is C48H32N2. The lowest BCUT2D eigenvalue weighted by Crippen LogP contribution is -1.96. The molecule has 10 rings (SSSR count). The number of rotatable bonds is 5. The highest BCUT2D eigenvalue weighted by Crippen LogP contribution is 2.42. The van der Waals surface area contributed by atoms with Gasteiger partial charge in [-0.25, -0.2) is 0 Å². The van der Waals surface area contributed by atoms with E-state index in [-0.39, 0.29) is 0 Å². The van der Waals surface area contributed by atoms with Gasteiger partial charge in [0.2, 0.25) is 0 Å². The van der Waals surface area contributed by atoms with E-state index >= 15 is 0 Å². The van der Waals surface area contributed by atoms with Crippen LogP contribution in [0.3, 0.4) is 0 Å². The van der Waals surface area contributed by atoms with E-state index in [1.807, 2.05) is 0 Å². The Morgan fingerprint density at radius 2 is 0.660 bits per heavy atom. The Hall–Kier alpha value is -6.64. The topological polar surface area (TPSA) is 9.86 Å². The highest BCUT2D eigenvalue weighted by Gasteiger charge is 2.20. The molecule has 8 aromatic carbocycles. The summed E-state index contributed by atoms with van der Waals surface area (Å²) >= 11 is 0. The Morgan fingerprint density at radius 3 is 1.24 bits per heavy atom. The number of nitrogens with zero attached hydrogens (tertiary/aromatic N) is 2. The molecule has 234 valence electrons. The number of hydrogen-bond acceptors (Lipinski definition) is 0. The zero-order valence-electron chi connectivity index (χ0n) is 27.4. The van der Waals surface area contributed by atoms with E-state index in [1.165, 1.54) is 77.0 Å². The van der Waals surface area contributed by atoms with Crippen molar-refractivity contribution in [2.45, 2.75) is 0 Å². The molecule has 2 nitrogen and oxygen atoms in total. The van der Waals surface area contributed by atoms with Crippen LogP contribution in [0.5, 0.6) is 0 Å². The third-order valence-electron chi connectivity index (χ3n) is 10.1. The maximum absolute atomic E-state index is 2.49. The highest BCUT2D eigenvalue weighted by molar-refractivity contribution is 6.19. The number of para-hydroxylation sites is 2. The van der Waals surface area contributed by atoms with Gasteiger partial charge in [-0.05, 0) is 88.0 Å². The van der Waals surface area contributed by atoms with Crippen LogP contribution in [0, 0.1) is 0 Å². The lowest BCUT2D eigenvalue weighted by Gasteiger charge is -2.14. The molecule has 0 atom stereocenters. The molecule has 0 N–H and O–H groups in total. The first-order valence-corrected chi connectivity index (χ1v) is 17.2. The minimum atomic E-state index is 1.14. The first-order chi connectivity index (χ1) is 24.8. The van der Waals surface area contributed by atoms with Crippen LogP contribution in [0.4, 0.5) is 0 Å². The normalized spacial score (nSPS) is 11.6. The van der Waals surface area contributed by atoms with Crippen molar-refractivity contribution in [1.82, 2.24) is 9.13 Å². The summed E-state index contributed by atoms with van der Waals surface area (Å²) in [4.78, 5) is 0. The van der Waals surface area contributed by atoms with Crippen molar-refractivity contribution in [2.75, 3.05) is 0 Å². The summed E-state index contributed by atoms with van der Waals surface area (Å²) < 4.78 is 4.90. The number of hydrogen-bond donors (Lipinski definition) is 0. The number of aromatic nitrogens is 2. The number of benzene rings is 8. The summed E-state index contributed by atoms with van der Waals surface area (Å²) in [6.07, 6.45) is 0. The van der Waals surface area contributed by atoms with E-state index in [1.54, 1.807) is 0 Å². The molecule has 10 aromatic rings. The fourth-order valence-corrected chi connectivity index (χ4v) is 7.76. The summed E-state index contributed by atoms with van der Waals surface area (Å²) in [5.41, 5.74) is 14.3. The van der Waals surface area contributed by atoms with Gasteiger partial charge < -0.3 is 9.13 Å². The van der Waals surface area contributed by atoms with Gasteiger partial charge in [0.15, 0.2) is 0 Å². The second-order valence-electron chi connectivity index (χ2n) is 13.0. The third-order valence-corrected chi connectivity index (χ3v) is 10.1. The minimum Gasteiger partial charge on any atom is -0.309 e. The molecule has 2 heterocycles. The average molecular weight is 637 g/mol. The average Bonchev–Trinajstić information content (AvgIpc) is 3.69. The molecule has 0 radical (unpaired) electrons. The quantitative estimate of drug-likeness (QED) is 0.178. The van der Waals surface area contributed by atoms with Crippen molar-refractivity contribution in [3.05, 3.63) is 194 Å². The molecule has 0 aliphatic rings. The van der Waals surface area contributed by atoms with Gasteiger partial charge in [-0.3, -0.25) is 0 Å². The summed E-state index contributed by atoms with van der Waals surface area (Å²) in [6, 6.07) is 70.5. The van der Waals surface area contributed by atoms with E-state index in [9.17, 15) is 0 Å². The van der Waals surface area contributed by atoms with E-state index in [0.717, 1.165) is 11.4 Å². The second kappa shape index (κ2) is 11.5. The SMILES string of the molecule is c1ccc(-c2cc(-c3ccccc3)cc(-n3c4cc(-c5ccccc5)ccc4c4cc5c(cc43)c3ccccc3n5-c3ccccc3)c2)cc1. The molecule has 0 saturated heterocycles. The Kier molecular flexibility index (Phi) is 6.53. The maximum Gasteiger partial charge on any atom is 0.0548 e. The summed E-state index contributed by atoms with van der Waals surface area (Å²) in [5, 5.41) is 4.96. The highest BCUT2D eigenvalue weighted by atomic mass is 15.0. The molecule has 0 saturated carbocycles. The van der Waals surface area contributed by atoms with Crippen LogP contribution >= 0.6 is 0 Å². The van der Waals surface area contributed by atoms with Gasteiger partial charge in [-0.15, -0.1) is 0 Å². The first-order valence-electron chi connectivity index (χ1n) is 17.2. The van der Waals surface area contributed by atoms with Gasteiger partial charge >= 0.3 is 0 Å². The lowest BCUT2D eigenvalue weighted by atomic mass is 9.98. The van der Waals surface area contributed by atoms with Gasteiger partial charge in [0.05, 0.1) is 22.1 Å². The Morgan fingerprint density at radius 1 is 0.220 bits per heavy atom. The van der Waals surface area contributed by atoms with Crippen LogP contribution < -0.4 is 0 Å². The predicted octanol–water partition coefficient (Wildman–Crippen LogP) is 12.9. The zero-order valence-corrected chi connectivity index (χ0v) is 27.4. The zero-order chi connectivity index (χ0) is 33.0. The fourth-order valence-electron chi connectivity index (χ4n) is 7.76. The molecule has 0 fully saturated rings. The molecule has 0 spiro atoms. The first kappa shape index (κ1) is 28.4. The standard InChI is InChI=1S/C48H32N2/c1-5-15-33(16-6-1)36-25-26-42-44-32-47-43(41-23-13-14-24-45(41)49(47)39-21-11-4-12-22-39)31-48(44)50(46(42)30-36)40-28-37(34-17-7-2-8-18-34)27-38(29-40)35-19-9-3-10-20-35/h1-32H. The fraction of sp³-hybridized carbons (Fsp3) is 0. The third kappa shape index (κ3) is 4.57. The molecule has 0 aliphatic carbocycles. The molecule has 2 heteroatoms. The van der Waals surface area contributed by atoms with Crippen molar-refractivity contribution < 1.29 is 0 Å². The molecule has 50 heavy (non-hydrogen) atoms. The summed E-state index contributed by atoms with van der Waals surface area (Å²) in [7, 11) is 0. The Balaban J connectivity index is 1.34. The molecule has 2 aromatic heterocycles. The van der Waals surface area contributed by atoms with Crippen molar-refractivity contribution >= 4 is 43.6 Å². The van der Waals surface area contributed by atoms with Gasteiger partial charge in [0.25, 0.3) is 0 Å². The van der Waals surface area contributed by atoms with E-state index in [4.69, 9.17) is 0 Å². The van der Waals surface area contributed by atoms with Crippen LogP contribution in [-0.2, 0) is 0 Å². The lowest BCUT2D eigenvalue weighted by molar-refractivity contribution is 1.17. The van der Waals surface area contributed by atoms with Crippen LogP contribution in [0.1, 0.15) is 0 Å². The van der Waals surface area contributed by atoms with Crippen LogP contribution in [-0.4, -0.2) is 9.13 Å². The minimum absolute atomic E-state index is 1.14. The maximum atomic E-state index is 2.49. The van der Waals surface area contributed by atoms with E-state index in [0.29, 0.717) is 0 Å². The van der Waals surface area contributed by atoms with Crippen molar-refractivity contribution in [1.29, 1.82) is 0 Å². The van der Waals surface area contributed by atoms with Gasteiger partial charge in [0.1, 0.15) is 0 Å². The predicted molar refractivity (Wildman–Crippen MR) is 211 cm³/mol. The Labute approximate surface area is 290 Å². The number of fused-ring (bicyclic) bond motifs is 6. The molecular weight excluding hydrogens is 605 g/mol. The largest absolute Gasteiger partial charge is 0.309 e. The van der Waals surface area contributed by atoms with Crippen LogP contribution in [0.2, 0.25) is 0 Å². The Bertz CT molecular complexity index is 2770. The van der Waals surface area contributed by atoms with E-state index in [2.05, 4.69) is 203 Å².